The molecule has 5 aliphatic carbocycles. The van der Waals surface area contributed by atoms with E-state index in [1.54, 1.807) is 0 Å². The summed E-state index contributed by atoms with van der Waals surface area (Å²) in [5.41, 5.74) is 2.15. The maximum absolute atomic E-state index is 12.1. The lowest BCUT2D eigenvalue weighted by atomic mass is 9.52. The molecule has 29 heavy (non-hydrogen) atoms. The van der Waals surface area contributed by atoms with E-state index in [1.165, 1.54) is 37.7 Å². The zero-order valence-corrected chi connectivity index (χ0v) is 21.0. The Morgan fingerprint density at radius 1 is 1.07 bits per heavy atom. The number of hydrogen-bond acceptors (Lipinski definition) is 2. The highest BCUT2D eigenvalue weighted by Crippen LogP contribution is 2.85. The molecule has 5 aliphatic rings. The third kappa shape index (κ3) is 2.42. The molecule has 7 atom stereocenters. The third-order valence-corrected chi connectivity index (χ3v) is 16.1. The van der Waals surface area contributed by atoms with Crippen molar-refractivity contribution in [2.75, 3.05) is 0 Å². The molecule has 2 nitrogen and oxygen atoms in total. The van der Waals surface area contributed by atoms with Crippen LogP contribution in [0, 0.1) is 28.1 Å². The number of carbonyl (C=O) groups excluding carboxylic acids is 1. The largest absolute Gasteiger partial charge is 0.413 e. The van der Waals surface area contributed by atoms with Gasteiger partial charge in [0.05, 0.1) is 11.5 Å². The van der Waals surface area contributed by atoms with Gasteiger partial charge in [0, 0.05) is 17.3 Å². The van der Waals surface area contributed by atoms with E-state index < -0.39 is 8.32 Å². The molecule has 0 N–H and O–H groups in total. The van der Waals surface area contributed by atoms with Crippen LogP contribution in [-0.4, -0.2) is 25.6 Å². The molecule has 5 rings (SSSR count). The zero-order valence-electron chi connectivity index (χ0n) is 19.2. The van der Waals surface area contributed by atoms with Crippen LogP contribution in [0.2, 0.25) is 18.1 Å². The average molecular weight is 435 g/mol. The molecule has 0 bridgehead atoms. The van der Waals surface area contributed by atoms with Crippen molar-refractivity contribution in [2.24, 2.45) is 28.1 Å². The van der Waals surface area contributed by atoms with E-state index in [2.05, 4.69) is 40.8 Å². The minimum Gasteiger partial charge on any atom is -0.413 e. The quantitative estimate of drug-likeness (QED) is 0.349. The summed E-state index contributed by atoms with van der Waals surface area (Å²) < 4.78 is 7.06. The smallest absolute Gasteiger partial charge is 0.192 e. The van der Waals surface area contributed by atoms with E-state index in [-0.39, 0.29) is 21.2 Å². The SMILES string of the molecule is CC(C)(C)[Si](C)(C)O[C@H]1CC[C@H]2[C@@H]3CCC4=CC(=O)CC[C@]45[C@@H](Cl)[C@]35CC[C@]12C. The number of halogens is 1. The summed E-state index contributed by atoms with van der Waals surface area (Å²) in [5.74, 6) is 1.80. The van der Waals surface area contributed by atoms with E-state index >= 15 is 0 Å². The fourth-order valence-electron chi connectivity index (χ4n) is 8.18. The van der Waals surface area contributed by atoms with Crippen LogP contribution in [0.4, 0.5) is 0 Å². The van der Waals surface area contributed by atoms with Crippen LogP contribution in [0.3, 0.4) is 0 Å². The first-order valence-corrected chi connectivity index (χ1v) is 15.3. The summed E-state index contributed by atoms with van der Waals surface area (Å²) in [5, 5.41) is 0.518. The molecule has 4 heteroatoms. The van der Waals surface area contributed by atoms with Crippen molar-refractivity contribution in [3.8, 4) is 0 Å². The van der Waals surface area contributed by atoms with Crippen LogP contribution < -0.4 is 0 Å². The van der Waals surface area contributed by atoms with Crippen molar-refractivity contribution in [1.82, 2.24) is 0 Å². The topological polar surface area (TPSA) is 26.3 Å². The molecular formula is C25H39ClO2Si. The fraction of sp³-hybridized carbons (Fsp3) is 0.880. The lowest BCUT2D eigenvalue weighted by Gasteiger charge is -2.54. The number of allylic oxidation sites excluding steroid dienone is 1. The number of hydrogen-bond donors (Lipinski definition) is 0. The molecule has 2 spiro atoms. The van der Waals surface area contributed by atoms with Gasteiger partial charge in [0.2, 0.25) is 0 Å². The van der Waals surface area contributed by atoms with Crippen LogP contribution in [0.5, 0.6) is 0 Å². The highest BCUT2D eigenvalue weighted by molar-refractivity contribution is 6.74. The zero-order chi connectivity index (χ0) is 21.0. The Balaban J connectivity index is 1.44. The molecule has 0 saturated heterocycles. The molecule has 0 aromatic rings. The van der Waals surface area contributed by atoms with Crippen molar-refractivity contribution >= 4 is 25.7 Å². The lowest BCUT2D eigenvalue weighted by Crippen LogP contribution is -2.52. The fourth-order valence-corrected chi connectivity index (χ4v) is 10.5. The summed E-state index contributed by atoms with van der Waals surface area (Å²) in [4.78, 5) is 12.1. The molecule has 0 unspecified atom stereocenters. The van der Waals surface area contributed by atoms with Gasteiger partial charge in [0.15, 0.2) is 14.1 Å². The van der Waals surface area contributed by atoms with Gasteiger partial charge in [-0.1, -0.05) is 33.3 Å². The van der Waals surface area contributed by atoms with Gasteiger partial charge in [-0.05, 0) is 86.4 Å². The minimum atomic E-state index is -1.77. The maximum atomic E-state index is 12.1. The highest BCUT2D eigenvalue weighted by Gasteiger charge is 2.83. The molecule has 0 aromatic carbocycles. The van der Waals surface area contributed by atoms with E-state index in [4.69, 9.17) is 16.0 Å². The van der Waals surface area contributed by atoms with Crippen LogP contribution in [0.15, 0.2) is 11.6 Å². The predicted molar refractivity (Wildman–Crippen MR) is 122 cm³/mol. The Hall–Kier alpha value is -0.123. The van der Waals surface area contributed by atoms with Crippen molar-refractivity contribution < 1.29 is 9.22 Å². The number of fused-ring (bicyclic) bond motifs is 2. The summed E-state index contributed by atoms with van der Waals surface area (Å²) in [6.07, 6.45) is 11.5. The Morgan fingerprint density at radius 3 is 2.48 bits per heavy atom. The maximum Gasteiger partial charge on any atom is 0.192 e. The number of alkyl halides is 1. The molecule has 162 valence electrons. The van der Waals surface area contributed by atoms with Crippen LogP contribution in [0.25, 0.3) is 0 Å². The van der Waals surface area contributed by atoms with Gasteiger partial charge in [-0.2, -0.15) is 0 Å². The lowest BCUT2D eigenvalue weighted by molar-refractivity contribution is -0.116. The molecule has 0 aromatic heterocycles. The molecule has 4 fully saturated rings. The summed E-state index contributed by atoms with van der Waals surface area (Å²) in [7, 11) is -1.77. The van der Waals surface area contributed by atoms with Gasteiger partial charge in [-0.3, -0.25) is 4.79 Å². The summed E-state index contributed by atoms with van der Waals surface area (Å²) in [6, 6.07) is 0. The molecule has 0 heterocycles. The van der Waals surface area contributed by atoms with Crippen molar-refractivity contribution in [1.29, 1.82) is 0 Å². The molecular weight excluding hydrogens is 396 g/mol. The molecule has 0 aliphatic heterocycles. The number of rotatable bonds is 2. The van der Waals surface area contributed by atoms with Gasteiger partial charge in [-0.25, -0.2) is 0 Å². The van der Waals surface area contributed by atoms with E-state index in [0.717, 1.165) is 24.7 Å². The second-order valence-corrected chi connectivity index (χ2v) is 17.9. The summed E-state index contributed by atoms with van der Waals surface area (Å²) >= 11 is 7.20. The Bertz CT molecular complexity index is 782. The van der Waals surface area contributed by atoms with Gasteiger partial charge in [-0.15, -0.1) is 11.6 Å². The minimum absolute atomic E-state index is 0.158. The van der Waals surface area contributed by atoms with Gasteiger partial charge < -0.3 is 4.43 Å². The third-order valence-electron chi connectivity index (χ3n) is 10.8. The Labute approximate surface area is 183 Å². The molecule has 4 saturated carbocycles. The standard InChI is InChI=1S/C25H39ClO2Si/c1-22(2,3)29(5,6)28-20-10-9-18-19-8-7-16-15-17(27)11-12-24(16)21(26)25(19,24)14-13-23(18,20)4/h15,18-21H,7-14H2,1-6H3/t18-,19-,20-,21+,23-,24+,25-/m0/s1. The average Bonchev–Trinajstić information content (AvgIpc) is 2.98. The van der Waals surface area contributed by atoms with Crippen molar-refractivity contribution in [2.45, 2.75) is 109 Å². The monoisotopic (exact) mass is 434 g/mol. The van der Waals surface area contributed by atoms with Crippen LogP contribution in [-0.2, 0) is 9.22 Å². The summed E-state index contributed by atoms with van der Waals surface area (Å²) in [6.45, 7) is 14.4. The van der Waals surface area contributed by atoms with E-state index in [0.29, 0.717) is 23.7 Å². The second-order valence-electron chi connectivity index (χ2n) is 12.7. The van der Waals surface area contributed by atoms with Crippen LogP contribution in [0.1, 0.15) is 79.1 Å². The number of ketones is 1. The first-order chi connectivity index (χ1) is 13.4. The second kappa shape index (κ2) is 6.01. The molecule has 0 amide bonds. The van der Waals surface area contributed by atoms with Gasteiger partial charge in [0.25, 0.3) is 0 Å². The first-order valence-electron chi connectivity index (χ1n) is 12.0. The van der Waals surface area contributed by atoms with Gasteiger partial charge in [0.1, 0.15) is 0 Å². The van der Waals surface area contributed by atoms with Crippen molar-refractivity contribution in [3.63, 3.8) is 0 Å². The van der Waals surface area contributed by atoms with E-state index in [1.807, 2.05) is 6.08 Å². The molecule has 0 radical (unpaired) electrons. The Morgan fingerprint density at radius 2 is 1.79 bits per heavy atom. The highest BCUT2D eigenvalue weighted by atomic mass is 35.5. The Kier molecular flexibility index (Phi) is 4.30. The van der Waals surface area contributed by atoms with Crippen molar-refractivity contribution in [3.05, 3.63) is 11.6 Å². The van der Waals surface area contributed by atoms with Crippen LogP contribution >= 0.6 is 11.6 Å². The van der Waals surface area contributed by atoms with Gasteiger partial charge >= 0.3 is 0 Å². The predicted octanol–water partition coefficient (Wildman–Crippen LogP) is 6.88. The number of carbonyl (C=O) groups is 1. The van der Waals surface area contributed by atoms with E-state index in [9.17, 15) is 4.79 Å². The normalized spacial score (nSPS) is 48.9. The first kappa shape index (κ1) is 20.8.